The van der Waals surface area contributed by atoms with Crippen molar-refractivity contribution >= 4 is 28.7 Å². The molecule has 0 amide bonds. The van der Waals surface area contributed by atoms with Crippen LogP contribution in [0, 0.1) is 10.1 Å². The summed E-state index contributed by atoms with van der Waals surface area (Å²) in [5, 5.41) is 21.3. The van der Waals surface area contributed by atoms with Crippen LogP contribution in [0.4, 0.5) is 5.69 Å². The van der Waals surface area contributed by atoms with Crippen LogP contribution in [0.3, 0.4) is 0 Å². The maximum absolute atomic E-state index is 13.2. The molecule has 29 heavy (non-hydrogen) atoms. The van der Waals surface area contributed by atoms with E-state index in [4.69, 9.17) is 0 Å². The Labute approximate surface area is 165 Å². The molecule has 1 heterocycles. The van der Waals surface area contributed by atoms with Crippen molar-refractivity contribution < 1.29 is 10.0 Å². The summed E-state index contributed by atoms with van der Waals surface area (Å²) in [6, 6.07) is 19.4. The minimum atomic E-state index is -0.523. The Morgan fingerprint density at radius 3 is 2.38 bits per heavy atom. The summed E-state index contributed by atoms with van der Waals surface area (Å²) in [6.45, 7) is 0. The SMILES string of the molecule is O=c1c2ccccc2nc(/C=C/c2ccc(O)cc2)n1-c1ccccc1[N+](=O)[O-]. The Kier molecular flexibility index (Phi) is 4.62. The number of aromatic nitrogens is 2. The number of benzene rings is 3. The van der Waals surface area contributed by atoms with Gasteiger partial charge in [0.05, 0.1) is 15.8 Å². The number of hydrogen-bond donors (Lipinski definition) is 1. The van der Waals surface area contributed by atoms with Crippen LogP contribution in [0.25, 0.3) is 28.7 Å². The zero-order valence-corrected chi connectivity index (χ0v) is 15.1. The molecule has 0 radical (unpaired) electrons. The number of para-hydroxylation sites is 3. The van der Waals surface area contributed by atoms with Crippen molar-refractivity contribution in [3.8, 4) is 11.4 Å². The standard InChI is InChI=1S/C22H15N3O4/c26-16-12-9-15(10-13-16)11-14-21-23-18-6-2-1-5-17(18)22(27)24(21)19-7-3-4-8-20(19)25(28)29/h1-14,26H/b14-11+. The van der Waals surface area contributed by atoms with Crippen molar-refractivity contribution in [1.82, 2.24) is 9.55 Å². The van der Waals surface area contributed by atoms with E-state index in [1.165, 1.54) is 16.7 Å². The molecule has 0 aliphatic rings. The Morgan fingerprint density at radius 1 is 0.931 bits per heavy atom. The van der Waals surface area contributed by atoms with E-state index in [9.17, 15) is 20.0 Å². The van der Waals surface area contributed by atoms with Crippen LogP contribution in [0.1, 0.15) is 11.4 Å². The van der Waals surface area contributed by atoms with Crippen molar-refractivity contribution in [3.05, 3.63) is 105 Å². The molecule has 0 spiro atoms. The van der Waals surface area contributed by atoms with Crippen molar-refractivity contribution in [2.45, 2.75) is 0 Å². The summed E-state index contributed by atoms with van der Waals surface area (Å²) in [7, 11) is 0. The third-order valence-electron chi connectivity index (χ3n) is 4.44. The molecule has 7 heteroatoms. The van der Waals surface area contributed by atoms with Crippen LogP contribution >= 0.6 is 0 Å². The summed E-state index contributed by atoms with van der Waals surface area (Å²) in [6.07, 6.45) is 3.35. The first-order valence-corrected chi connectivity index (χ1v) is 8.77. The second-order valence-electron chi connectivity index (χ2n) is 6.30. The van der Waals surface area contributed by atoms with Crippen molar-refractivity contribution in [2.24, 2.45) is 0 Å². The van der Waals surface area contributed by atoms with E-state index in [1.807, 2.05) is 0 Å². The van der Waals surface area contributed by atoms with E-state index < -0.39 is 10.5 Å². The summed E-state index contributed by atoms with van der Waals surface area (Å²) in [5.41, 5.74) is 0.837. The van der Waals surface area contributed by atoms with Gasteiger partial charge < -0.3 is 5.11 Å². The maximum Gasteiger partial charge on any atom is 0.293 e. The molecular weight excluding hydrogens is 370 g/mol. The third kappa shape index (κ3) is 3.49. The molecule has 1 aromatic heterocycles. The Morgan fingerprint density at radius 2 is 1.62 bits per heavy atom. The quantitative estimate of drug-likeness (QED) is 0.420. The molecule has 0 fully saturated rings. The Balaban J connectivity index is 1.98. The largest absolute Gasteiger partial charge is 0.508 e. The summed E-state index contributed by atoms with van der Waals surface area (Å²) >= 11 is 0. The predicted molar refractivity (Wildman–Crippen MR) is 111 cm³/mol. The number of hydrogen-bond acceptors (Lipinski definition) is 5. The van der Waals surface area contributed by atoms with Crippen LogP contribution in [-0.2, 0) is 0 Å². The van der Waals surface area contributed by atoms with Gasteiger partial charge >= 0.3 is 0 Å². The molecule has 4 aromatic rings. The second kappa shape index (κ2) is 7.40. The molecule has 3 aromatic carbocycles. The van der Waals surface area contributed by atoms with Gasteiger partial charge in [0.1, 0.15) is 17.3 Å². The average Bonchev–Trinajstić information content (AvgIpc) is 2.73. The van der Waals surface area contributed by atoms with Gasteiger partial charge in [0.2, 0.25) is 0 Å². The fraction of sp³-hybridized carbons (Fsp3) is 0. The fourth-order valence-electron chi connectivity index (χ4n) is 3.06. The molecule has 1 N–H and O–H groups in total. The zero-order chi connectivity index (χ0) is 20.4. The highest BCUT2D eigenvalue weighted by Crippen LogP contribution is 2.24. The summed E-state index contributed by atoms with van der Waals surface area (Å²) < 4.78 is 1.25. The lowest BCUT2D eigenvalue weighted by Crippen LogP contribution is -2.23. The van der Waals surface area contributed by atoms with Gasteiger partial charge in [-0.25, -0.2) is 4.98 Å². The lowest BCUT2D eigenvalue weighted by atomic mass is 10.2. The van der Waals surface area contributed by atoms with Gasteiger partial charge in [0.15, 0.2) is 0 Å². The van der Waals surface area contributed by atoms with Crippen LogP contribution < -0.4 is 5.56 Å². The smallest absolute Gasteiger partial charge is 0.293 e. The van der Waals surface area contributed by atoms with Crippen LogP contribution in [0.15, 0.2) is 77.6 Å². The number of nitro benzene ring substituents is 1. The normalized spacial score (nSPS) is 11.2. The molecule has 0 saturated heterocycles. The summed E-state index contributed by atoms with van der Waals surface area (Å²) in [5.74, 6) is 0.402. The van der Waals surface area contributed by atoms with Crippen molar-refractivity contribution in [1.29, 1.82) is 0 Å². The summed E-state index contributed by atoms with van der Waals surface area (Å²) in [4.78, 5) is 28.8. The molecular formula is C22H15N3O4. The molecule has 0 bridgehead atoms. The number of rotatable bonds is 4. The maximum atomic E-state index is 13.2. The minimum Gasteiger partial charge on any atom is -0.508 e. The lowest BCUT2D eigenvalue weighted by Gasteiger charge is -2.11. The predicted octanol–water partition coefficient (Wildman–Crippen LogP) is 4.17. The fourth-order valence-corrected chi connectivity index (χ4v) is 3.06. The van der Waals surface area contributed by atoms with Gasteiger partial charge in [-0.15, -0.1) is 0 Å². The van der Waals surface area contributed by atoms with E-state index >= 15 is 0 Å². The van der Waals surface area contributed by atoms with E-state index in [0.29, 0.717) is 10.9 Å². The monoisotopic (exact) mass is 385 g/mol. The molecule has 4 rings (SSSR count). The average molecular weight is 385 g/mol. The molecule has 0 unspecified atom stereocenters. The molecule has 0 saturated carbocycles. The first kappa shape index (κ1) is 18.1. The number of aromatic hydroxyl groups is 1. The number of phenols is 1. The van der Waals surface area contributed by atoms with Gasteiger partial charge in [-0.2, -0.15) is 0 Å². The molecule has 0 aliphatic carbocycles. The van der Waals surface area contributed by atoms with E-state index in [1.54, 1.807) is 72.8 Å². The highest BCUT2D eigenvalue weighted by molar-refractivity contribution is 5.80. The molecule has 0 atom stereocenters. The molecule has 142 valence electrons. The van der Waals surface area contributed by atoms with Gasteiger partial charge in [0.25, 0.3) is 11.2 Å². The minimum absolute atomic E-state index is 0.141. The highest BCUT2D eigenvalue weighted by Gasteiger charge is 2.19. The van der Waals surface area contributed by atoms with E-state index in [-0.39, 0.29) is 22.9 Å². The van der Waals surface area contributed by atoms with Crippen molar-refractivity contribution in [3.63, 3.8) is 0 Å². The van der Waals surface area contributed by atoms with Gasteiger partial charge in [-0.05, 0) is 42.0 Å². The second-order valence-corrected chi connectivity index (χ2v) is 6.30. The number of nitro groups is 1. The Hall–Kier alpha value is -4.26. The van der Waals surface area contributed by atoms with Gasteiger partial charge in [-0.1, -0.05) is 42.5 Å². The Bertz CT molecular complexity index is 1310. The zero-order valence-electron chi connectivity index (χ0n) is 15.1. The van der Waals surface area contributed by atoms with Crippen LogP contribution in [0.2, 0.25) is 0 Å². The number of fused-ring (bicyclic) bond motifs is 1. The van der Waals surface area contributed by atoms with Crippen LogP contribution in [-0.4, -0.2) is 19.6 Å². The van der Waals surface area contributed by atoms with E-state index in [2.05, 4.69) is 4.98 Å². The third-order valence-corrected chi connectivity index (χ3v) is 4.44. The first-order valence-electron chi connectivity index (χ1n) is 8.77. The number of phenolic OH excluding ortho intramolecular Hbond substituents is 1. The number of nitrogens with zero attached hydrogens (tertiary/aromatic N) is 3. The molecule has 7 nitrogen and oxygen atoms in total. The van der Waals surface area contributed by atoms with Crippen molar-refractivity contribution in [2.75, 3.05) is 0 Å². The lowest BCUT2D eigenvalue weighted by molar-refractivity contribution is -0.384. The van der Waals surface area contributed by atoms with Gasteiger partial charge in [0, 0.05) is 6.07 Å². The first-order chi connectivity index (χ1) is 14.0. The topological polar surface area (TPSA) is 98.3 Å². The van der Waals surface area contributed by atoms with Gasteiger partial charge in [-0.3, -0.25) is 19.5 Å². The van der Waals surface area contributed by atoms with Crippen LogP contribution in [0.5, 0.6) is 5.75 Å². The molecule has 0 aliphatic heterocycles. The highest BCUT2D eigenvalue weighted by atomic mass is 16.6. The van der Waals surface area contributed by atoms with E-state index in [0.717, 1.165) is 5.56 Å².